The molecule has 1 aromatic carbocycles. The van der Waals surface area contributed by atoms with Gasteiger partial charge < -0.3 is 9.47 Å². The van der Waals surface area contributed by atoms with Crippen LogP contribution in [0.2, 0.25) is 0 Å². The van der Waals surface area contributed by atoms with E-state index in [9.17, 15) is 0 Å². The lowest BCUT2D eigenvalue weighted by molar-refractivity contribution is 0.0376. The van der Waals surface area contributed by atoms with Gasteiger partial charge in [0.2, 0.25) is 0 Å². The molecule has 0 aliphatic heterocycles. The Morgan fingerprint density at radius 3 is 2.33 bits per heavy atom. The number of ether oxygens (including phenoxy) is 2. The highest BCUT2D eigenvalue weighted by Crippen LogP contribution is 2.41. The van der Waals surface area contributed by atoms with E-state index in [0.717, 1.165) is 11.8 Å². The summed E-state index contributed by atoms with van der Waals surface area (Å²) < 4.78 is 10.7. The summed E-state index contributed by atoms with van der Waals surface area (Å²) in [6.07, 6.45) is 13.5. The highest BCUT2D eigenvalue weighted by Gasteiger charge is 2.32. The maximum Gasteiger partial charge on any atom is 0.120 e. The van der Waals surface area contributed by atoms with Crippen LogP contribution in [0.4, 0.5) is 0 Å². The van der Waals surface area contributed by atoms with Gasteiger partial charge in [-0.1, -0.05) is 69.2 Å². The van der Waals surface area contributed by atoms with Crippen molar-refractivity contribution in [2.75, 3.05) is 0 Å². The lowest BCUT2D eigenvalue weighted by Crippen LogP contribution is -2.30. The molecule has 24 heavy (non-hydrogen) atoms. The molecular formula is C22H32O2. The summed E-state index contributed by atoms with van der Waals surface area (Å²) in [7, 11) is 0. The molecule has 0 amide bonds. The standard InChI is InChI=1S/C12H20O.C10H12O/c1-2-13-12-8-7-10-5-3-4-6-11(10)9-12;1-3-11-9(2)10-7-5-4-6-8-10/h2,10-12H,1,3-9H2;3-9H,1H2,2H3. The van der Waals surface area contributed by atoms with Crippen molar-refractivity contribution in [2.45, 2.75) is 64.1 Å². The molecule has 4 unspecified atom stereocenters. The second-order valence-corrected chi connectivity index (χ2v) is 6.90. The molecule has 132 valence electrons. The number of hydrogen-bond donors (Lipinski definition) is 0. The molecule has 0 bridgehead atoms. The van der Waals surface area contributed by atoms with Crippen LogP contribution in [0.15, 0.2) is 56.0 Å². The number of fused-ring (bicyclic) bond motifs is 1. The third-order valence-corrected chi connectivity index (χ3v) is 5.35. The van der Waals surface area contributed by atoms with Gasteiger partial charge in [-0.2, -0.15) is 0 Å². The summed E-state index contributed by atoms with van der Waals surface area (Å²) in [4.78, 5) is 0. The van der Waals surface area contributed by atoms with Gasteiger partial charge in [0.15, 0.2) is 0 Å². The van der Waals surface area contributed by atoms with Crippen molar-refractivity contribution in [1.29, 1.82) is 0 Å². The van der Waals surface area contributed by atoms with Crippen LogP contribution in [0.25, 0.3) is 0 Å². The van der Waals surface area contributed by atoms with E-state index in [1.807, 2.05) is 37.3 Å². The van der Waals surface area contributed by atoms with Crippen LogP contribution in [0.5, 0.6) is 0 Å². The molecule has 2 fully saturated rings. The molecule has 0 N–H and O–H groups in total. The van der Waals surface area contributed by atoms with Crippen LogP contribution in [0.3, 0.4) is 0 Å². The van der Waals surface area contributed by atoms with E-state index in [2.05, 4.69) is 13.2 Å². The fraction of sp³-hybridized carbons (Fsp3) is 0.545. The first kappa shape index (κ1) is 18.6. The van der Waals surface area contributed by atoms with Crippen LogP contribution >= 0.6 is 0 Å². The highest BCUT2D eigenvalue weighted by molar-refractivity contribution is 5.16. The second-order valence-electron chi connectivity index (χ2n) is 6.90. The first-order chi connectivity index (χ1) is 11.7. The fourth-order valence-corrected chi connectivity index (χ4v) is 4.04. The summed E-state index contributed by atoms with van der Waals surface area (Å²) >= 11 is 0. The molecule has 3 rings (SSSR count). The average Bonchev–Trinajstić information content (AvgIpc) is 2.63. The smallest absolute Gasteiger partial charge is 0.120 e. The van der Waals surface area contributed by atoms with Crippen molar-refractivity contribution in [3.8, 4) is 0 Å². The van der Waals surface area contributed by atoms with Crippen molar-refractivity contribution in [1.82, 2.24) is 0 Å². The quantitative estimate of drug-likeness (QED) is 0.581. The molecule has 2 aliphatic carbocycles. The predicted molar refractivity (Wildman–Crippen MR) is 101 cm³/mol. The summed E-state index contributed by atoms with van der Waals surface area (Å²) in [5.74, 6) is 1.99. The number of benzene rings is 1. The van der Waals surface area contributed by atoms with Crippen molar-refractivity contribution in [2.24, 2.45) is 11.8 Å². The molecule has 0 heterocycles. The molecular weight excluding hydrogens is 296 g/mol. The Labute approximate surface area is 147 Å². The van der Waals surface area contributed by atoms with E-state index in [1.54, 1.807) is 6.26 Å². The summed E-state index contributed by atoms with van der Waals surface area (Å²) in [6, 6.07) is 10.1. The Morgan fingerprint density at radius 2 is 1.67 bits per heavy atom. The molecule has 2 aliphatic rings. The minimum absolute atomic E-state index is 0.105. The van der Waals surface area contributed by atoms with Gasteiger partial charge in [-0.25, -0.2) is 0 Å². The first-order valence-corrected chi connectivity index (χ1v) is 9.32. The zero-order valence-electron chi connectivity index (χ0n) is 15.0. The maximum absolute atomic E-state index is 5.50. The molecule has 2 heteroatoms. The monoisotopic (exact) mass is 328 g/mol. The van der Waals surface area contributed by atoms with E-state index in [4.69, 9.17) is 9.47 Å². The molecule has 0 saturated heterocycles. The van der Waals surface area contributed by atoms with Gasteiger partial charge in [-0.3, -0.25) is 0 Å². The van der Waals surface area contributed by atoms with Crippen molar-refractivity contribution >= 4 is 0 Å². The zero-order chi connectivity index (χ0) is 17.2. The summed E-state index contributed by atoms with van der Waals surface area (Å²) in [5.41, 5.74) is 1.17. The molecule has 1 aromatic rings. The van der Waals surface area contributed by atoms with Crippen LogP contribution in [-0.2, 0) is 9.47 Å². The predicted octanol–water partition coefficient (Wildman–Crippen LogP) is 6.41. The second kappa shape index (κ2) is 10.2. The van der Waals surface area contributed by atoms with E-state index in [1.165, 1.54) is 56.8 Å². The summed E-state index contributed by atoms with van der Waals surface area (Å²) in [5, 5.41) is 0. The minimum atomic E-state index is 0.105. The van der Waals surface area contributed by atoms with E-state index in [0.29, 0.717) is 6.10 Å². The SMILES string of the molecule is C=COC(C)c1ccccc1.C=COC1CCC2CCCCC2C1. The minimum Gasteiger partial charge on any atom is -0.499 e. The van der Waals surface area contributed by atoms with Gasteiger partial charge in [0.25, 0.3) is 0 Å². The van der Waals surface area contributed by atoms with Gasteiger partial charge in [0.1, 0.15) is 6.10 Å². The fourth-order valence-electron chi connectivity index (χ4n) is 4.04. The molecule has 0 spiro atoms. The van der Waals surface area contributed by atoms with Crippen molar-refractivity contribution in [3.05, 3.63) is 61.6 Å². The number of rotatable bonds is 5. The Bertz CT molecular complexity index is 482. The molecule has 2 nitrogen and oxygen atoms in total. The maximum atomic E-state index is 5.50. The zero-order valence-corrected chi connectivity index (χ0v) is 15.0. The molecule has 2 saturated carbocycles. The molecule has 4 atom stereocenters. The third-order valence-electron chi connectivity index (χ3n) is 5.35. The Morgan fingerprint density at radius 1 is 0.958 bits per heavy atom. The molecule has 0 aromatic heterocycles. The average molecular weight is 328 g/mol. The van der Waals surface area contributed by atoms with Gasteiger partial charge in [-0.05, 0) is 43.6 Å². The summed E-state index contributed by atoms with van der Waals surface area (Å²) in [6.45, 7) is 9.14. The van der Waals surface area contributed by atoms with Gasteiger partial charge in [-0.15, -0.1) is 0 Å². The highest BCUT2D eigenvalue weighted by atomic mass is 16.5. The van der Waals surface area contributed by atoms with Gasteiger partial charge in [0.05, 0.1) is 18.6 Å². The van der Waals surface area contributed by atoms with Crippen LogP contribution < -0.4 is 0 Å². The van der Waals surface area contributed by atoms with E-state index >= 15 is 0 Å². The number of hydrogen-bond acceptors (Lipinski definition) is 2. The van der Waals surface area contributed by atoms with Crippen LogP contribution in [-0.4, -0.2) is 6.10 Å². The van der Waals surface area contributed by atoms with Crippen LogP contribution in [0.1, 0.15) is 63.5 Å². The van der Waals surface area contributed by atoms with E-state index in [-0.39, 0.29) is 6.10 Å². The van der Waals surface area contributed by atoms with Gasteiger partial charge in [0, 0.05) is 0 Å². The molecule has 0 radical (unpaired) electrons. The Kier molecular flexibility index (Phi) is 7.94. The largest absolute Gasteiger partial charge is 0.499 e. The Hall–Kier alpha value is -1.70. The first-order valence-electron chi connectivity index (χ1n) is 9.32. The topological polar surface area (TPSA) is 18.5 Å². The lowest BCUT2D eigenvalue weighted by Gasteiger charge is -2.38. The Balaban J connectivity index is 0.000000177. The van der Waals surface area contributed by atoms with Crippen molar-refractivity contribution < 1.29 is 9.47 Å². The normalized spacial score (nSPS) is 26.8. The van der Waals surface area contributed by atoms with Crippen LogP contribution in [0, 0.1) is 11.8 Å². The van der Waals surface area contributed by atoms with Gasteiger partial charge >= 0.3 is 0 Å². The lowest BCUT2D eigenvalue weighted by atomic mass is 9.70. The van der Waals surface area contributed by atoms with E-state index < -0.39 is 0 Å². The third kappa shape index (κ3) is 5.74. The van der Waals surface area contributed by atoms with Crippen molar-refractivity contribution in [3.63, 3.8) is 0 Å².